The Bertz CT molecular complexity index is 697. The summed E-state index contributed by atoms with van der Waals surface area (Å²) in [6, 6.07) is 9.28. The Hall–Kier alpha value is -2.25. The van der Waals surface area contributed by atoms with Crippen LogP contribution in [-0.2, 0) is 14.3 Å². The summed E-state index contributed by atoms with van der Waals surface area (Å²) in [5, 5.41) is 4.05. The molecule has 0 radical (unpaired) electrons. The van der Waals surface area contributed by atoms with Crippen LogP contribution in [0.15, 0.2) is 34.9 Å². The van der Waals surface area contributed by atoms with E-state index in [0.29, 0.717) is 44.7 Å². The van der Waals surface area contributed by atoms with Crippen molar-refractivity contribution in [2.45, 2.75) is 12.5 Å². The highest BCUT2D eigenvalue weighted by Gasteiger charge is 2.37. The molecule has 2 saturated heterocycles. The summed E-state index contributed by atoms with van der Waals surface area (Å²) in [6.45, 7) is 2.56. The number of aromatic nitrogens is 2. The molecule has 2 aliphatic rings. The van der Waals surface area contributed by atoms with Gasteiger partial charge in [-0.15, -0.1) is 0 Å². The van der Waals surface area contributed by atoms with Crippen LogP contribution < -0.4 is 0 Å². The zero-order valence-corrected chi connectivity index (χ0v) is 13.3. The van der Waals surface area contributed by atoms with E-state index in [1.807, 2.05) is 30.3 Å². The highest BCUT2D eigenvalue weighted by molar-refractivity contribution is 5.79. The smallest absolute Gasteiger partial charge is 0.252 e. The largest absolute Gasteiger partial charge is 0.381 e. The van der Waals surface area contributed by atoms with Gasteiger partial charge in [-0.25, -0.2) is 0 Å². The molecule has 0 bridgehead atoms. The molecule has 7 nitrogen and oxygen atoms in total. The third kappa shape index (κ3) is 2.92. The zero-order chi connectivity index (χ0) is 16.4. The Kier molecular flexibility index (Phi) is 4.27. The standard InChI is InChI=1S/C17H19N3O4/c21-17(13-6-8-22-10-13)20-7-9-23-11-14(20)16-18-15(19-24-16)12-4-2-1-3-5-12/h1-5,13-14H,6-11H2. The lowest BCUT2D eigenvalue weighted by Crippen LogP contribution is -2.46. The number of carbonyl (C=O) groups is 1. The van der Waals surface area contributed by atoms with E-state index in [0.717, 1.165) is 12.0 Å². The maximum Gasteiger partial charge on any atom is 0.252 e. The van der Waals surface area contributed by atoms with Crippen LogP contribution in [0.4, 0.5) is 0 Å². The molecule has 0 spiro atoms. The molecule has 0 aliphatic carbocycles. The topological polar surface area (TPSA) is 77.7 Å². The lowest BCUT2D eigenvalue weighted by molar-refractivity contribution is -0.145. The van der Waals surface area contributed by atoms with Gasteiger partial charge in [-0.1, -0.05) is 35.5 Å². The summed E-state index contributed by atoms with van der Waals surface area (Å²) in [4.78, 5) is 19.0. The van der Waals surface area contributed by atoms with Crippen LogP contribution in [0, 0.1) is 5.92 Å². The number of benzene rings is 1. The summed E-state index contributed by atoms with van der Waals surface area (Å²) in [5.74, 6) is 0.941. The highest BCUT2D eigenvalue weighted by atomic mass is 16.5. The van der Waals surface area contributed by atoms with Crippen LogP contribution in [0.5, 0.6) is 0 Å². The van der Waals surface area contributed by atoms with Gasteiger partial charge in [-0.2, -0.15) is 4.98 Å². The minimum Gasteiger partial charge on any atom is -0.381 e. The van der Waals surface area contributed by atoms with Crippen molar-refractivity contribution in [3.63, 3.8) is 0 Å². The van der Waals surface area contributed by atoms with Crippen LogP contribution in [0.3, 0.4) is 0 Å². The Labute approximate surface area is 139 Å². The maximum atomic E-state index is 12.8. The van der Waals surface area contributed by atoms with Crippen molar-refractivity contribution in [2.24, 2.45) is 5.92 Å². The first-order valence-corrected chi connectivity index (χ1v) is 8.18. The van der Waals surface area contributed by atoms with E-state index in [4.69, 9.17) is 14.0 Å². The van der Waals surface area contributed by atoms with Crippen molar-refractivity contribution >= 4 is 5.91 Å². The third-order valence-corrected chi connectivity index (χ3v) is 4.45. The molecule has 0 saturated carbocycles. The minimum absolute atomic E-state index is 0.0814. The van der Waals surface area contributed by atoms with Gasteiger partial charge in [-0.05, 0) is 6.42 Å². The predicted octanol–water partition coefficient (Wildman–Crippen LogP) is 1.67. The molecular weight excluding hydrogens is 310 g/mol. The molecule has 1 aromatic heterocycles. The van der Waals surface area contributed by atoms with E-state index in [-0.39, 0.29) is 17.9 Å². The number of rotatable bonds is 3. The van der Waals surface area contributed by atoms with Gasteiger partial charge in [0.05, 0.1) is 25.7 Å². The summed E-state index contributed by atoms with van der Waals surface area (Å²) < 4.78 is 16.3. The van der Waals surface area contributed by atoms with E-state index in [1.165, 1.54) is 0 Å². The van der Waals surface area contributed by atoms with Gasteiger partial charge in [0.2, 0.25) is 11.7 Å². The number of carbonyl (C=O) groups excluding carboxylic acids is 1. The fourth-order valence-corrected chi connectivity index (χ4v) is 3.11. The monoisotopic (exact) mass is 329 g/mol. The lowest BCUT2D eigenvalue weighted by atomic mass is 10.1. The molecular formula is C17H19N3O4. The highest BCUT2D eigenvalue weighted by Crippen LogP contribution is 2.28. The van der Waals surface area contributed by atoms with Crippen LogP contribution in [0.1, 0.15) is 18.4 Å². The summed E-state index contributed by atoms with van der Waals surface area (Å²) in [7, 11) is 0. The van der Waals surface area contributed by atoms with E-state index in [2.05, 4.69) is 10.1 Å². The Balaban J connectivity index is 1.57. The quantitative estimate of drug-likeness (QED) is 0.852. The molecule has 1 aromatic carbocycles. The van der Waals surface area contributed by atoms with Crippen LogP contribution in [0.2, 0.25) is 0 Å². The number of nitrogens with zero attached hydrogens (tertiary/aromatic N) is 3. The van der Waals surface area contributed by atoms with Crippen LogP contribution >= 0.6 is 0 Å². The molecule has 3 heterocycles. The molecule has 2 atom stereocenters. The SMILES string of the molecule is O=C(C1CCOC1)N1CCOCC1c1nc(-c2ccccc2)no1. The number of hydrogen-bond donors (Lipinski definition) is 0. The molecule has 1 amide bonds. The average molecular weight is 329 g/mol. The van der Waals surface area contributed by atoms with E-state index >= 15 is 0 Å². The van der Waals surface area contributed by atoms with Gasteiger partial charge in [0.25, 0.3) is 5.89 Å². The Morgan fingerprint density at radius 2 is 1.96 bits per heavy atom. The number of morpholine rings is 1. The number of ether oxygens (including phenoxy) is 2. The molecule has 4 rings (SSSR count). The van der Waals surface area contributed by atoms with Gasteiger partial charge in [0.1, 0.15) is 6.04 Å². The molecule has 2 fully saturated rings. The van der Waals surface area contributed by atoms with E-state index < -0.39 is 0 Å². The van der Waals surface area contributed by atoms with Gasteiger partial charge in [0.15, 0.2) is 0 Å². The number of amides is 1. The normalized spacial score (nSPS) is 24.2. The van der Waals surface area contributed by atoms with E-state index in [9.17, 15) is 4.79 Å². The zero-order valence-electron chi connectivity index (χ0n) is 13.3. The average Bonchev–Trinajstić information content (AvgIpc) is 3.34. The van der Waals surface area contributed by atoms with Gasteiger partial charge >= 0.3 is 0 Å². The van der Waals surface area contributed by atoms with Crippen molar-refractivity contribution in [3.8, 4) is 11.4 Å². The van der Waals surface area contributed by atoms with Crippen molar-refractivity contribution in [1.29, 1.82) is 0 Å². The Morgan fingerprint density at radius 3 is 2.75 bits per heavy atom. The van der Waals surface area contributed by atoms with Crippen LogP contribution in [0.25, 0.3) is 11.4 Å². The first kappa shape index (κ1) is 15.3. The fourth-order valence-electron chi connectivity index (χ4n) is 3.11. The molecule has 2 aromatic rings. The first-order chi connectivity index (χ1) is 11.8. The van der Waals surface area contributed by atoms with E-state index in [1.54, 1.807) is 4.90 Å². The van der Waals surface area contributed by atoms with Crippen LogP contribution in [-0.4, -0.2) is 53.9 Å². The summed E-state index contributed by atoms with van der Waals surface area (Å²) in [6.07, 6.45) is 0.766. The fraction of sp³-hybridized carbons (Fsp3) is 0.471. The summed E-state index contributed by atoms with van der Waals surface area (Å²) in [5.41, 5.74) is 0.881. The second-order valence-electron chi connectivity index (χ2n) is 6.01. The van der Waals surface area contributed by atoms with Gasteiger partial charge < -0.3 is 18.9 Å². The molecule has 0 N–H and O–H groups in total. The molecule has 7 heteroatoms. The molecule has 2 unspecified atom stereocenters. The molecule has 2 aliphatic heterocycles. The van der Waals surface area contributed by atoms with Gasteiger partial charge in [-0.3, -0.25) is 4.79 Å². The first-order valence-electron chi connectivity index (χ1n) is 8.18. The van der Waals surface area contributed by atoms with Gasteiger partial charge in [0, 0.05) is 18.7 Å². The second kappa shape index (κ2) is 6.70. The van der Waals surface area contributed by atoms with Crippen molar-refractivity contribution in [3.05, 3.63) is 36.2 Å². The Morgan fingerprint density at radius 1 is 1.12 bits per heavy atom. The number of hydrogen-bond acceptors (Lipinski definition) is 6. The second-order valence-corrected chi connectivity index (χ2v) is 6.01. The minimum atomic E-state index is -0.336. The van der Waals surface area contributed by atoms with Crippen molar-refractivity contribution in [2.75, 3.05) is 33.0 Å². The molecule has 24 heavy (non-hydrogen) atoms. The molecule has 126 valence electrons. The lowest BCUT2D eigenvalue weighted by Gasteiger charge is -2.34. The van der Waals surface area contributed by atoms with Crippen molar-refractivity contribution < 1.29 is 18.8 Å². The maximum absolute atomic E-state index is 12.8. The predicted molar refractivity (Wildman–Crippen MR) is 83.9 cm³/mol. The third-order valence-electron chi connectivity index (χ3n) is 4.45. The summed E-state index contributed by atoms with van der Waals surface area (Å²) >= 11 is 0. The van der Waals surface area contributed by atoms with Crippen molar-refractivity contribution in [1.82, 2.24) is 15.0 Å².